The maximum atomic E-state index is 6.07. The minimum absolute atomic E-state index is 0.182. The lowest BCUT2D eigenvalue weighted by molar-refractivity contribution is 0.689. The molecule has 0 fully saturated rings. The molecule has 3 heteroatoms. The summed E-state index contributed by atoms with van der Waals surface area (Å²) in [7, 11) is 1.97. The van der Waals surface area contributed by atoms with Crippen LogP contribution in [0.1, 0.15) is 17.2 Å². The van der Waals surface area contributed by atoms with Crippen LogP contribution in [0, 0.1) is 3.57 Å². The summed E-state index contributed by atoms with van der Waals surface area (Å²) in [5.41, 5.74) is 2.46. The van der Waals surface area contributed by atoms with Gasteiger partial charge in [-0.05, 0) is 59.0 Å². The quantitative estimate of drug-likeness (QED) is 0.810. The Labute approximate surface area is 120 Å². The molecule has 0 bridgehead atoms. The van der Waals surface area contributed by atoms with Crippen molar-refractivity contribution in [2.45, 2.75) is 6.04 Å². The average Bonchev–Trinajstić information content (AvgIpc) is 2.36. The van der Waals surface area contributed by atoms with E-state index in [1.807, 2.05) is 31.3 Å². The summed E-state index contributed by atoms with van der Waals surface area (Å²) in [6.45, 7) is 0. The van der Waals surface area contributed by atoms with E-state index in [0.29, 0.717) is 0 Å². The predicted molar refractivity (Wildman–Crippen MR) is 81.5 cm³/mol. The lowest BCUT2D eigenvalue weighted by atomic mass is 9.99. The molecule has 1 unspecified atom stereocenters. The molecule has 0 radical (unpaired) electrons. The van der Waals surface area contributed by atoms with E-state index in [0.717, 1.165) is 5.02 Å². The summed E-state index contributed by atoms with van der Waals surface area (Å²) in [6, 6.07) is 16.6. The largest absolute Gasteiger partial charge is 0.309 e. The second-order valence-electron chi connectivity index (χ2n) is 3.80. The molecule has 0 saturated carbocycles. The fraction of sp³-hybridized carbons (Fsp3) is 0.143. The van der Waals surface area contributed by atoms with Crippen LogP contribution in [0.15, 0.2) is 48.5 Å². The molecule has 17 heavy (non-hydrogen) atoms. The van der Waals surface area contributed by atoms with Crippen LogP contribution in [0.5, 0.6) is 0 Å². The van der Waals surface area contributed by atoms with Gasteiger partial charge >= 0.3 is 0 Å². The van der Waals surface area contributed by atoms with Crippen LogP contribution in [0.3, 0.4) is 0 Å². The SMILES string of the molecule is CNC(c1ccccc1)c1cc(Cl)ccc1I. The van der Waals surface area contributed by atoms with Crippen molar-refractivity contribution < 1.29 is 0 Å². The summed E-state index contributed by atoms with van der Waals surface area (Å²) in [5, 5.41) is 4.11. The number of hydrogen-bond donors (Lipinski definition) is 1. The summed E-state index contributed by atoms with van der Waals surface area (Å²) in [5.74, 6) is 0. The van der Waals surface area contributed by atoms with E-state index >= 15 is 0 Å². The first kappa shape index (κ1) is 12.9. The molecule has 0 aliphatic carbocycles. The van der Waals surface area contributed by atoms with Gasteiger partial charge in [0.2, 0.25) is 0 Å². The Bertz CT molecular complexity index is 499. The Morgan fingerprint density at radius 1 is 1.12 bits per heavy atom. The third-order valence-corrected chi connectivity index (χ3v) is 3.91. The van der Waals surface area contributed by atoms with E-state index < -0.39 is 0 Å². The molecule has 0 heterocycles. The van der Waals surface area contributed by atoms with Crippen molar-refractivity contribution in [1.29, 1.82) is 0 Å². The van der Waals surface area contributed by atoms with Crippen molar-refractivity contribution in [1.82, 2.24) is 5.32 Å². The molecule has 2 rings (SSSR count). The number of hydrogen-bond acceptors (Lipinski definition) is 1. The van der Waals surface area contributed by atoms with Gasteiger partial charge in [0, 0.05) is 8.59 Å². The second kappa shape index (κ2) is 5.85. The molecule has 1 N–H and O–H groups in total. The molecule has 0 amide bonds. The summed E-state index contributed by atoms with van der Waals surface area (Å²) in [4.78, 5) is 0. The van der Waals surface area contributed by atoms with E-state index in [1.54, 1.807) is 0 Å². The van der Waals surface area contributed by atoms with Crippen molar-refractivity contribution >= 4 is 34.2 Å². The van der Waals surface area contributed by atoms with Crippen LogP contribution in [0.25, 0.3) is 0 Å². The Morgan fingerprint density at radius 2 is 1.82 bits per heavy atom. The fourth-order valence-electron chi connectivity index (χ4n) is 1.88. The van der Waals surface area contributed by atoms with Crippen molar-refractivity contribution in [3.05, 3.63) is 68.3 Å². The molecule has 2 aromatic carbocycles. The molecule has 0 aliphatic heterocycles. The first-order valence-electron chi connectivity index (χ1n) is 5.39. The van der Waals surface area contributed by atoms with E-state index in [-0.39, 0.29) is 6.04 Å². The summed E-state index contributed by atoms with van der Waals surface area (Å²) >= 11 is 8.42. The van der Waals surface area contributed by atoms with E-state index in [1.165, 1.54) is 14.7 Å². The second-order valence-corrected chi connectivity index (χ2v) is 5.40. The van der Waals surface area contributed by atoms with Crippen molar-refractivity contribution in [3.63, 3.8) is 0 Å². The molecule has 1 nitrogen and oxygen atoms in total. The zero-order valence-corrected chi connectivity index (χ0v) is 12.4. The first-order valence-corrected chi connectivity index (χ1v) is 6.85. The lowest BCUT2D eigenvalue weighted by Gasteiger charge is -2.19. The van der Waals surface area contributed by atoms with Gasteiger partial charge in [-0.3, -0.25) is 0 Å². The first-order chi connectivity index (χ1) is 8.22. The predicted octanol–water partition coefficient (Wildman–Crippen LogP) is 4.25. The van der Waals surface area contributed by atoms with Gasteiger partial charge in [0.05, 0.1) is 6.04 Å². The molecule has 88 valence electrons. The summed E-state index contributed by atoms with van der Waals surface area (Å²) in [6.07, 6.45) is 0. The molecule has 2 aromatic rings. The van der Waals surface area contributed by atoms with Gasteiger partial charge in [-0.2, -0.15) is 0 Å². The van der Waals surface area contributed by atoms with Crippen LogP contribution in [-0.4, -0.2) is 7.05 Å². The van der Waals surface area contributed by atoms with Gasteiger partial charge in [0.25, 0.3) is 0 Å². The van der Waals surface area contributed by atoms with Gasteiger partial charge < -0.3 is 5.32 Å². The molecule has 0 aromatic heterocycles. The van der Waals surface area contributed by atoms with Crippen LogP contribution < -0.4 is 5.32 Å². The van der Waals surface area contributed by atoms with Crippen LogP contribution in [-0.2, 0) is 0 Å². The Hall–Kier alpha value is -0.580. The van der Waals surface area contributed by atoms with Crippen LogP contribution in [0.2, 0.25) is 5.02 Å². The van der Waals surface area contributed by atoms with Crippen molar-refractivity contribution in [2.24, 2.45) is 0 Å². The molecule has 0 aliphatic rings. The zero-order chi connectivity index (χ0) is 12.3. The highest BCUT2D eigenvalue weighted by atomic mass is 127. The van der Waals surface area contributed by atoms with Crippen molar-refractivity contribution in [3.8, 4) is 0 Å². The van der Waals surface area contributed by atoms with Crippen LogP contribution >= 0.6 is 34.2 Å². The van der Waals surface area contributed by atoms with Gasteiger partial charge in [0.15, 0.2) is 0 Å². The van der Waals surface area contributed by atoms with E-state index in [9.17, 15) is 0 Å². The topological polar surface area (TPSA) is 12.0 Å². The molecule has 1 atom stereocenters. The molecule has 0 spiro atoms. The maximum absolute atomic E-state index is 6.07. The number of nitrogens with one attached hydrogen (secondary N) is 1. The van der Waals surface area contributed by atoms with Gasteiger partial charge in [-0.25, -0.2) is 0 Å². The lowest BCUT2D eigenvalue weighted by Crippen LogP contribution is -2.18. The standard InChI is InChI=1S/C14H13ClIN/c1-17-14(10-5-3-2-4-6-10)12-9-11(15)7-8-13(12)16/h2-9,14,17H,1H3. The fourth-order valence-corrected chi connectivity index (χ4v) is 2.71. The average molecular weight is 358 g/mol. The van der Waals surface area contributed by atoms with Crippen LogP contribution in [0.4, 0.5) is 0 Å². The summed E-state index contributed by atoms with van der Waals surface area (Å²) < 4.78 is 1.22. The highest BCUT2D eigenvalue weighted by molar-refractivity contribution is 14.1. The Morgan fingerprint density at radius 3 is 2.47 bits per heavy atom. The van der Waals surface area contributed by atoms with E-state index in [4.69, 9.17) is 11.6 Å². The Balaban J connectivity index is 2.46. The molecular formula is C14H13ClIN. The third kappa shape index (κ3) is 3.00. The highest BCUT2D eigenvalue weighted by Crippen LogP contribution is 2.28. The van der Waals surface area contributed by atoms with Crippen molar-refractivity contribution in [2.75, 3.05) is 7.05 Å². The van der Waals surface area contributed by atoms with Gasteiger partial charge in [-0.15, -0.1) is 0 Å². The highest BCUT2D eigenvalue weighted by Gasteiger charge is 2.14. The minimum atomic E-state index is 0.182. The molecule has 0 saturated heterocycles. The van der Waals surface area contributed by atoms with Gasteiger partial charge in [-0.1, -0.05) is 41.9 Å². The smallest absolute Gasteiger partial charge is 0.0585 e. The van der Waals surface area contributed by atoms with Gasteiger partial charge in [0.1, 0.15) is 0 Å². The Kier molecular flexibility index (Phi) is 4.42. The maximum Gasteiger partial charge on any atom is 0.0585 e. The number of halogens is 2. The van der Waals surface area contributed by atoms with E-state index in [2.05, 4.69) is 52.2 Å². The third-order valence-electron chi connectivity index (χ3n) is 2.69. The number of rotatable bonds is 3. The zero-order valence-electron chi connectivity index (χ0n) is 9.45. The monoisotopic (exact) mass is 357 g/mol. The normalized spacial score (nSPS) is 12.4. The minimum Gasteiger partial charge on any atom is -0.309 e. The number of benzene rings is 2. The molecular weight excluding hydrogens is 345 g/mol.